The number of amides is 2. The Labute approximate surface area is 112 Å². The topological polar surface area (TPSA) is 108 Å². The van der Waals surface area contributed by atoms with Gasteiger partial charge in [-0.1, -0.05) is 12.1 Å². The molecule has 1 unspecified atom stereocenters. The maximum atomic E-state index is 12.7. The minimum atomic E-state index is -1.11. The van der Waals surface area contributed by atoms with Gasteiger partial charge in [0.25, 0.3) is 0 Å². The monoisotopic (exact) mass is 270 g/mol. The molecule has 7 heteroatoms. The molecule has 0 aromatic rings. The summed E-state index contributed by atoms with van der Waals surface area (Å²) in [5.41, 5.74) is 3.59. The first-order chi connectivity index (χ1) is 8.71. The van der Waals surface area contributed by atoms with Gasteiger partial charge in [-0.05, 0) is 27.2 Å². The second-order valence-corrected chi connectivity index (χ2v) is 5.44. The van der Waals surface area contributed by atoms with Crippen LogP contribution in [0.2, 0.25) is 0 Å². The molecule has 7 nitrogen and oxygen atoms in total. The first kappa shape index (κ1) is 15.3. The number of piperazine rings is 1. The lowest BCUT2D eigenvalue weighted by atomic mass is 9.82. The van der Waals surface area contributed by atoms with Gasteiger partial charge in [0, 0.05) is 13.1 Å². The number of carbonyl (C=O) groups is 2. The summed E-state index contributed by atoms with van der Waals surface area (Å²) in [5.74, 6) is -0.642. The first-order valence-corrected chi connectivity index (χ1v) is 6.30. The molecule has 0 saturated carbocycles. The second kappa shape index (κ2) is 5.07. The number of carbonyl (C=O) groups excluding carboxylic acids is 2. The summed E-state index contributed by atoms with van der Waals surface area (Å²) in [6.45, 7) is 7.58. The number of nitrogens with zero attached hydrogens (tertiary/aromatic N) is 2. The SMILES string of the molecule is CCC(C)(C(=O)N1CCNC(=O)C1(C)C)C(N)=NO. The quantitative estimate of drug-likeness (QED) is 0.288. The van der Waals surface area contributed by atoms with Crippen molar-refractivity contribution in [2.24, 2.45) is 16.3 Å². The Bertz CT molecular complexity index is 419. The van der Waals surface area contributed by atoms with Gasteiger partial charge in [0.05, 0.1) is 0 Å². The summed E-state index contributed by atoms with van der Waals surface area (Å²) in [5, 5.41) is 14.5. The molecule has 0 bridgehead atoms. The molecule has 0 aromatic heterocycles. The fourth-order valence-corrected chi connectivity index (χ4v) is 2.11. The summed E-state index contributed by atoms with van der Waals surface area (Å²) in [4.78, 5) is 26.0. The third-order valence-electron chi connectivity index (χ3n) is 3.95. The Morgan fingerprint density at radius 1 is 1.63 bits per heavy atom. The number of hydrogen-bond acceptors (Lipinski definition) is 4. The Hall–Kier alpha value is -1.79. The normalized spacial score (nSPS) is 22.6. The third kappa shape index (κ3) is 2.36. The lowest BCUT2D eigenvalue weighted by Gasteiger charge is -2.44. The number of nitrogens with one attached hydrogen (secondary N) is 1. The maximum absolute atomic E-state index is 12.7. The summed E-state index contributed by atoms with van der Waals surface area (Å²) in [6.07, 6.45) is 0.385. The van der Waals surface area contributed by atoms with Gasteiger partial charge in [0.2, 0.25) is 11.8 Å². The highest BCUT2D eigenvalue weighted by atomic mass is 16.4. The van der Waals surface area contributed by atoms with E-state index in [9.17, 15) is 9.59 Å². The van der Waals surface area contributed by atoms with Crippen LogP contribution in [-0.2, 0) is 9.59 Å². The standard InChI is InChI=1S/C12H22N4O3/c1-5-12(4,8(13)15-19)10(18)16-7-6-14-9(17)11(16,2)3/h19H,5-7H2,1-4H3,(H2,13,15)(H,14,17). The van der Waals surface area contributed by atoms with Gasteiger partial charge in [0.15, 0.2) is 5.84 Å². The Kier molecular flexibility index (Phi) is 4.07. The molecular formula is C12H22N4O3. The zero-order chi connectivity index (χ0) is 14.8. The molecule has 2 amide bonds. The van der Waals surface area contributed by atoms with Crippen molar-refractivity contribution in [2.75, 3.05) is 13.1 Å². The van der Waals surface area contributed by atoms with E-state index in [1.165, 1.54) is 4.90 Å². The van der Waals surface area contributed by atoms with Gasteiger partial charge in [0.1, 0.15) is 11.0 Å². The Balaban J connectivity index is 3.14. The van der Waals surface area contributed by atoms with Crippen LogP contribution in [0.5, 0.6) is 0 Å². The van der Waals surface area contributed by atoms with Gasteiger partial charge in [-0.3, -0.25) is 9.59 Å². The number of oxime groups is 1. The predicted octanol–water partition coefficient (Wildman–Crippen LogP) is -0.114. The van der Waals surface area contributed by atoms with Crippen molar-refractivity contribution in [3.63, 3.8) is 0 Å². The van der Waals surface area contributed by atoms with Crippen molar-refractivity contribution in [2.45, 2.75) is 39.7 Å². The minimum absolute atomic E-state index is 0.137. The van der Waals surface area contributed by atoms with E-state index < -0.39 is 11.0 Å². The van der Waals surface area contributed by atoms with Crippen molar-refractivity contribution in [3.8, 4) is 0 Å². The van der Waals surface area contributed by atoms with E-state index in [-0.39, 0.29) is 17.6 Å². The average Bonchev–Trinajstić information content (AvgIpc) is 2.39. The largest absolute Gasteiger partial charge is 0.409 e. The molecular weight excluding hydrogens is 248 g/mol. The van der Waals surface area contributed by atoms with Crippen LogP contribution in [0, 0.1) is 5.41 Å². The maximum Gasteiger partial charge on any atom is 0.245 e. The van der Waals surface area contributed by atoms with Crippen LogP contribution in [0.4, 0.5) is 0 Å². The van der Waals surface area contributed by atoms with E-state index in [0.29, 0.717) is 19.5 Å². The first-order valence-electron chi connectivity index (χ1n) is 6.30. The van der Waals surface area contributed by atoms with Crippen LogP contribution >= 0.6 is 0 Å². The second-order valence-electron chi connectivity index (χ2n) is 5.44. The van der Waals surface area contributed by atoms with Gasteiger partial charge in [-0.25, -0.2) is 0 Å². The highest BCUT2D eigenvalue weighted by Gasteiger charge is 2.47. The van der Waals surface area contributed by atoms with E-state index in [1.54, 1.807) is 27.7 Å². The van der Waals surface area contributed by atoms with Crippen molar-refractivity contribution in [1.29, 1.82) is 0 Å². The average molecular weight is 270 g/mol. The molecule has 1 rings (SSSR count). The molecule has 1 saturated heterocycles. The minimum Gasteiger partial charge on any atom is -0.409 e. The molecule has 0 aromatic carbocycles. The van der Waals surface area contributed by atoms with E-state index in [0.717, 1.165) is 0 Å². The lowest BCUT2D eigenvalue weighted by molar-refractivity contribution is -0.153. The summed E-state index contributed by atoms with van der Waals surface area (Å²) in [7, 11) is 0. The molecule has 19 heavy (non-hydrogen) atoms. The molecule has 0 radical (unpaired) electrons. The molecule has 1 heterocycles. The van der Waals surface area contributed by atoms with Crippen molar-refractivity contribution < 1.29 is 14.8 Å². The molecule has 4 N–H and O–H groups in total. The Morgan fingerprint density at radius 3 is 2.68 bits per heavy atom. The summed E-state index contributed by atoms with van der Waals surface area (Å²) < 4.78 is 0. The highest BCUT2D eigenvalue weighted by Crippen LogP contribution is 2.29. The molecule has 1 aliphatic heterocycles. The molecule has 1 fully saturated rings. The van der Waals surface area contributed by atoms with E-state index >= 15 is 0 Å². The molecule has 0 spiro atoms. The molecule has 1 aliphatic rings. The molecule has 108 valence electrons. The molecule has 1 atom stereocenters. The molecule has 0 aliphatic carbocycles. The predicted molar refractivity (Wildman–Crippen MR) is 70.6 cm³/mol. The van der Waals surface area contributed by atoms with Crippen LogP contribution in [-0.4, -0.2) is 46.4 Å². The lowest BCUT2D eigenvalue weighted by Crippen LogP contribution is -2.66. The van der Waals surface area contributed by atoms with Crippen LogP contribution in [0.1, 0.15) is 34.1 Å². The van der Waals surface area contributed by atoms with Gasteiger partial charge in [-0.15, -0.1) is 0 Å². The van der Waals surface area contributed by atoms with Crippen LogP contribution in [0.25, 0.3) is 0 Å². The smallest absolute Gasteiger partial charge is 0.245 e. The number of hydrogen-bond donors (Lipinski definition) is 3. The fraction of sp³-hybridized carbons (Fsp3) is 0.750. The van der Waals surface area contributed by atoms with E-state index in [2.05, 4.69) is 10.5 Å². The van der Waals surface area contributed by atoms with Gasteiger partial charge >= 0.3 is 0 Å². The number of amidine groups is 1. The summed E-state index contributed by atoms with van der Waals surface area (Å²) in [6, 6.07) is 0. The Morgan fingerprint density at radius 2 is 2.21 bits per heavy atom. The zero-order valence-corrected chi connectivity index (χ0v) is 11.9. The number of nitrogens with two attached hydrogens (primary N) is 1. The number of rotatable bonds is 3. The van der Waals surface area contributed by atoms with E-state index in [4.69, 9.17) is 10.9 Å². The summed E-state index contributed by atoms with van der Waals surface area (Å²) >= 11 is 0. The van der Waals surface area contributed by atoms with Crippen LogP contribution in [0.3, 0.4) is 0 Å². The van der Waals surface area contributed by atoms with Crippen molar-refractivity contribution >= 4 is 17.6 Å². The van der Waals surface area contributed by atoms with Gasteiger partial charge < -0.3 is 21.2 Å². The van der Waals surface area contributed by atoms with Crippen molar-refractivity contribution in [1.82, 2.24) is 10.2 Å². The van der Waals surface area contributed by atoms with Crippen LogP contribution in [0.15, 0.2) is 5.16 Å². The van der Waals surface area contributed by atoms with Gasteiger partial charge in [-0.2, -0.15) is 0 Å². The van der Waals surface area contributed by atoms with Crippen molar-refractivity contribution in [3.05, 3.63) is 0 Å². The van der Waals surface area contributed by atoms with Crippen LogP contribution < -0.4 is 11.1 Å². The highest BCUT2D eigenvalue weighted by molar-refractivity contribution is 6.08. The third-order valence-corrected chi connectivity index (χ3v) is 3.95. The van der Waals surface area contributed by atoms with E-state index in [1.807, 2.05) is 0 Å². The fourth-order valence-electron chi connectivity index (χ4n) is 2.11. The zero-order valence-electron chi connectivity index (χ0n) is 11.9.